The van der Waals surface area contributed by atoms with Crippen LogP contribution in [-0.4, -0.2) is 26.5 Å². The number of benzene rings is 1. The molecule has 0 fully saturated rings. The van der Waals surface area contributed by atoms with Crippen LogP contribution in [0.4, 0.5) is 5.69 Å². The molecule has 102 valence electrons. The van der Waals surface area contributed by atoms with Crippen molar-refractivity contribution in [2.45, 2.75) is 19.9 Å². The fourth-order valence-corrected chi connectivity index (χ4v) is 2.34. The summed E-state index contributed by atoms with van der Waals surface area (Å²) in [4.78, 5) is 26.5. The van der Waals surface area contributed by atoms with E-state index in [9.17, 15) is 9.59 Å². The number of amides is 1. The van der Waals surface area contributed by atoms with Crippen molar-refractivity contribution >= 4 is 17.6 Å². The Kier molecular flexibility index (Phi) is 2.78. The minimum atomic E-state index is -0.902. The second kappa shape index (κ2) is 4.48. The second-order valence-electron chi connectivity index (χ2n) is 4.79. The maximum Gasteiger partial charge on any atom is 0.323 e. The molecule has 1 aromatic carbocycles. The van der Waals surface area contributed by atoms with Crippen molar-refractivity contribution in [3.63, 3.8) is 0 Å². The van der Waals surface area contributed by atoms with Gasteiger partial charge in [-0.2, -0.15) is 0 Å². The number of hydrogen-bond donors (Lipinski definition) is 2. The van der Waals surface area contributed by atoms with Crippen molar-refractivity contribution in [2.24, 2.45) is 0 Å². The molecule has 0 atom stereocenters. The Balaban J connectivity index is 1.96. The Morgan fingerprint density at radius 1 is 1.50 bits per heavy atom. The predicted molar refractivity (Wildman–Crippen MR) is 72.4 cm³/mol. The smallest absolute Gasteiger partial charge is 0.323 e. The minimum absolute atomic E-state index is 0.00950. The zero-order valence-electron chi connectivity index (χ0n) is 10.9. The van der Waals surface area contributed by atoms with Gasteiger partial charge in [0.25, 0.3) is 0 Å². The third kappa shape index (κ3) is 2.16. The molecule has 2 N–H and O–H groups in total. The molecule has 2 aromatic rings. The van der Waals surface area contributed by atoms with E-state index in [2.05, 4.69) is 10.3 Å². The van der Waals surface area contributed by atoms with Crippen LogP contribution >= 0.6 is 0 Å². The standard InChI is InChI=1S/C14H13N3O3/c1-8-15-12(6-17(8)7-14(19)20)9-2-3-11-10(4-9)5-13(18)16-11/h2-4,6H,5,7H2,1H3,(H,16,18)(H,19,20). The van der Waals surface area contributed by atoms with Crippen molar-refractivity contribution in [1.82, 2.24) is 9.55 Å². The maximum atomic E-state index is 11.3. The van der Waals surface area contributed by atoms with E-state index in [0.717, 1.165) is 16.8 Å². The van der Waals surface area contributed by atoms with Gasteiger partial charge in [-0.1, -0.05) is 6.07 Å². The molecule has 1 aliphatic heterocycles. The first-order chi connectivity index (χ1) is 9.52. The number of carboxylic acids is 1. The highest BCUT2D eigenvalue weighted by atomic mass is 16.4. The molecule has 1 amide bonds. The van der Waals surface area contributed by atoms with Gasteiger partial charge in [-0.3, -0.25) is 9.59 Å². The molecule has 0 unspecified atom stereocenters. The van der Waals surface area contributed by atoms with Crippen molar-refractivity contribution in [1.29, 1.82) is 0 Å². The number of carboxylic acid groups (broad SMARTS) is 1. The third-order valence-electron chi connectivity index (χ3n) is 3.31. The number of aryl methyl sites for hydroxylation is 1. The molecule has 2 heterocycles. The average Bonchev–Trinajstić information content (AvgIpc) is 2.90. The van der Waals surface area contributed by atoms with Crippen LogP contribution < -0.4 is 5.32 Å². The second-order valence-corrected chi connectivity index (χ2v) is 4.79. The summed E-state index contributed by atoms with van der Waals surface area (Å²) < 4.78 is 1.59. The molecule has 6 nitrogen and oxygen atoms in total. The molecule has 0 bridgehead atoms. The Hall–Kier alpha value is -2.63. The molecule has 6 heteroatoms. The first kappa shape index (κ1) is 12.4. The normalized spacial score (nSPS) is 13.2. The van der Waals surface area contributed by atoms with Gasteiger partial charge in [0.15, 0.2) is 0 Å². The zero-order chi connectivity index (χ0) is 14.3. The number of rotatable bonds is 3. The number of fused-ring (bicyclic) bond motifs is 1. The van der Waals surface area contributed by atoms with Gasteiger partial charge in [-0.15, -0.1) is 0 Å². The maximum absolute atomic E-state index is 11.3. The van der Waals surface area contributed by atoms with E-state index in [1.807, 2.05) is 18.2 Å². The van der Waals surface area contributed by atoms with E-state index in [0.29, 0.717) is 17.9 Å². The van der Waals surface area contributed by atoms with Crippen LogP contribution in [0.2, 0.25) is 0 Å². The molecule has 1 aliphatic rings. The number of imidazole rings is 1. The molecule has 0 saturated carbocycles. The van der Waals surface area contributed by atoms with Gasteiger partial charge in [-0.05, 0) is 24.6 Å². The number of hydrogen-bond acceptors (Lipinski definition) is 3. The fourth-order valence-electron chi connectivity index (χ4n) is 2.34. The highest BCUT2D eigenvalue weighted by Crippen LogP contribution is 2.28. The van der Waals surface area contributed by atoms with Crippen LogP contribution in [0, 0.1) is 6.92 Å². The molecule has 0 saturated heterocycles. The first-order valence-electron chi connectivity index (χ1n) is 6.21. The zero-order valence-corrected chi connectivity index (χ0v) is 10.9. The van der Waals surface area contributed by atoms with Crippen molar-refractivity contribution in [3.05, 3.63) is 35.8 Å². The first-order valence-corrected chi connectivity index (χ1v) is 6.21. The highest BCUT2D eigenvalue weighted by Gasteiger charge is 2.18. The van der Waals surface area contributed by atoms with E-state index in [4.69, 9.17) is 5.11 Å². The van der Waals surface area contributed by atoms with Gasteiger partial charge in [0.05, 0.1) is 12.1 Å². The molecule has 0 aliphatic carbocycles. The van der Waals surface area contributed by atoms with E-state index in [1.165, 1.54) is 0 Å². The monoisotopic (exact) mass is 271 g/mol. The lowest BCUT2D eigenvalue weighted by Crippen LogP contribution is -2.08. The summed E-state index contributed by atoms with van der Waals surface area (Å²) in [6, 6.07) is 5.64. The van der Waals surface area contributed by atoms with Gasteiger partial charge in [0.2, 0.25) is 5.91 Å². The summed E-state index contributed by atoms with van der Waals surface area (Å²) in [6.45, 7) is 1.66. The van der Waals surface area contributed by atoms with Crippen LogP contribution in [0.1, 0.15) is 11.4 Å². The highest BCUT2D eigenvalue weighted by molar-refractivity contribution is 5.99. The topological polar surface area (TPSA) is 84.2 Å². The number of aromatic nitrogens is 2. The van der Waals surface area contributed by atoms with Crippen molar-refractivity contribution in [2.75, 3.05) is 5.32 Å². The van der Waals surface area contributed by atoms with Crippen LogP contribution in [0.25, 0.3) is 11.3 Å². The third-order valence-corrected chi connectivity index (χ3v) is 3.31. The summed E-state index contributed by atoms with van der Waals surface area (Å²) in [7, 11) is 0. The van der Waals surface area contributed by atoms with Crippen molar-refractivity contribution in [3.8, 4) is 11.3 Å². The fraction of sp³-hybridized carbons (Fsp3) is 0.214. The number of aliphatic carboxylic acids is 1. The largest absolute Gasteiger partial charge is 0.480 e. The number of anilines is 1. The Morgan fingerprint density at radius 3 is 3.05 bits per heavy atom. The van der Waals surface area contributed by atoms with E-state index in [1.54, 1.807) is 17.7 Å². The summed E-state index contributed by atoms with van der Waals surface area (Å²) in [6.07, 6.45) is 2.09. The Bertz CT molecular complexity index is 718. The van der Waals surface area contributed by atoms with Crippen LogP contribution in [0.5, 0.6) is 0 Å². The van der Waals surface area contributed by atoms with E-state index >= 15 is 0 Å². The lowest BCUT2D eigenvalue weighted by molar-refractivity contribution is -0.137. The number of carbonyl (C=O) groups is 2. The van der Waals surface area contributed by atoms with E-state index < -0.39 is 5.97 Å². The summed E-state index contributed by atoms with van der Waals surface area (Å²) >= 11 is 0. The summed E-state index contributed by atoms with van der Waals surface area (Å²) in [5.41, 5.74) is 3.37. The summed E-state index contributed by atoms with van der Waals surface area (Å²) in [5.74, 6) is -0.261. The molecule has 0 spiro atoms. The predicted octanol–water partition coefficient (Wildman–Crippen LogP) is 1.44. The lowest BCUT2D eigenvalue weighted by atomic mass is 10.1. The molecular formula is C14H13N3O3. The summed E-state index contributed by atoms with van der Waals surface area (Å²) in [5, 5.41) is 11.6. The molecule has 3 rings (SSSR count). The minimum Gasteiger partial charge on any atom is -0.480 e. The SMILES string of the molecule is Cc1nc(-c2ccc3c(c2)CC(=O)N3)cn1CC(=O)O. The Morgan fingerprint density at radius 2 is 2.30 bits per heavy atom. The van der Waals surface area contributed by atoms with Gasteiger partial charge in [0.1, 0.15) is 12.4 Å². The number of nitrogens with one attached hydrogen (secondary N) is 1. The van der Waals surface area contributed by atoms with Gasteiger partial charge in [-0.25, -0.2) is 4.98 Å². The lowest BCUT2D eigenvalue weighted by Gasteiger charge is -2.01. The molecule has 1 aromatic heterocycles. The molecule has 0 radical (unpaired) electrons. The van der Waals surface area contributed by atoms with E-state index in [-0.39, 0.29) is 12.5 Å². The number of carbonyl (C=O) groups excluding carboxylic acids is 1. The van der Waals surface area contributed by atoms with Crippen LogP contribution in [0.15, 0.2) is 24.4 Å². The van der Waals surface area contributed by atoms with Gasteiger partial charge in [0, 0.05) is 17.4 Å². The van der Waals surface area contributed by atoms with Crippen molar-refractivity contribution < 1.29 is 14.7 Å². The van der Waals surface area contributed by atoms with Gasteiger partial charge >= 0.3 is 5.97 Å². The molecular weight excluding hydrogens is 258 g/mol. The average molecular weight is 271 g/mol. The van der Waals surface area contributed by atoms with Crippen LogP contribution in [0.3, 0.4) is 0 Å². The van der Waals surface area contributed by atoms with Gasteiger partial charge < -0.3 is 15.0 Å². The number of nitrogens with zero attached hydrogens (tertiary/aromatic N) is 2. The Labute approximate surface area is 115 Å². The quantitative estimate of drug-likeness (QED) is 0.884. The van der Waals surface area contributed by atoms with Crippen LogP contribution in [-0.2, 0) is 22.6 Å². The molecule has 20 heavy (non-hydrogen) atoms.